The van der Waals surface area contributed by atoms with Crippen molar-refractivity contribution in [3.63, 3.8) is 0 Å². The monoisotopic (exact) mass is 330 g/mol. The number of aromatic nitrogens is 2. The lowest BCUT2D eigenvalue weighted by atomic mass is 10.1. The van der Waals surface area contributed by atoms with Crippen LogP contribution >= 0.6 is 0 Å². The van der Waals surface area contributed by atoms with Crippen molar-refractivity contribution in [3.05, 3.63) is 60.3 Å². The molecule has 0 radical (unpaired) electrons. The molecule has 0 amide bonds. The average Bonchev–Trinajstić information content (AvgIpc) is 2.59. The Bertz CT molecular complexity index is 887. The van der Waals surface area contributed by atoms with E-state index in [2.05, 4.69) is 9.97 Å². The van der Waals surface area contributed by atoms with Gasteiger partial charge in [-0.05, 0) is 30.3 Å². The van der Waals surface area contributed by atoms with E-state index in [1.54, 1.807) is 0 Å². The Hall–Kier alpha value is -3.22. The van der Waals surface area contributed by atoms with E-state index in [0.717, 1.165) is 0 Å². The number of rotatable bonds is 4. The summed E-state index contributed by atoms with van der Waals surface area (Å²) in [6.07, 6.45) is 1.39. The minimum atomic E-state index is -0.786. The number of hydrogen-bond donors (Lipinski definition) is 1. The molecular weight excluding hydrogens is 318 g/mol. The zero-order chi connectivity index (χ0) is 17.1. The van der Waals surface area contributed by atoms with Gasteiger partial charge >= 0.3 is 6.01 Å². The fourth-order valence-corrected chi connectivity index (χ4v) is 2.07. The third-order valence-corrected chi connectivity index (χ3v) is 3.22. The van der Waals surface area contributed by atoms with Gasteiger partial charge in [0, 0.05) is 17.8 Å². The van der Waals surface area contributed by atoms with Crippen LogP contribution in [-0.4, -0.2) is 22.2 Å². The van der Waals surface area contributed by atoms with Gasteiger partial charge in [0.15, 0.2) is 23.1 Å². The molecule has 1 aromatic heterocycles. The molecule has 2 aromatic carbocycles. The quantitative estimate of drug-likeness (QED) is 0.785. The van der Waals surface area contributed by atoms with E-state index >= 15 is 0 Å². The molecule has 0 aliphatic carbocycles. The van der Waals surface area contributed by atoms with Gasteiger partial charge in [-0.1, -0.05) is 6.07 Å². The van der Waals surface area contributed by atoms with Crippen LogP contribution in [0.25, 0.3) is 11.3 Å². The van der Waals surface area contributed by atoms with Crippen molar-refractivity contribution in [2.75, 3.05) is 7.11 Å². The maximum Gasteiger partial charge on any atom is 0.322 e. The van der Waals surface area contributed by atoms with Gasteiger partial charge in [-0.25, -0.2) is 13.8 Å². The topological polar surface area (TPSA) is 64.5 Å². The summed E-state index contributed by atoms with van der Waals surface area (Å²) in [6, 6.07) is 9.57. The number of halogens is 2. The van der Waals surface area contributed by atoms with Crippen LogP contribution in [-0.2, 0) is 0 Å². The Morgan fingerprint density at radius 2 is 1.92 bits per heavy atom. The van der Waals surface area contributed by atoms with Gasteiger partial charge in [-0.2, -0.15) is 4.98 Å². The van der Waals surface area contributed by atoms with Gasteiger partial charge in [-0.3, -0.25) is 0 Å². The van der Waals surface area contributed by atoms with Crippen molar-refractivity contribution in [2.45, 2.75) is 0 Å². The second-order valence-electron chi connectivity index (χ2n) is 4.76. The van der Waals surface area contributed by atoms with Gasteiger partial charge in [0.2, 0.25) is 0 Å². The Morgan fingerprint density at radius 1 is 1.08 bits per heavy atom. The SMILES string of the molecule is COc1cc(Oc2nccc(-c3cccc(O)c3F)n2)ccc1F. The first-order valence-electron chi connectivity index (χ1n) is 6.91. The molecule has 5 nitrogen and oxygen atoms in total. The Morgan fingerprint density at radius 3 is 2.71 bits per heavy atom. The van der Waals surface area contributed by atoms with E-state index < -0.39 is 17.4 Å². The number of benzene rings is 2. The molecule has 0 atom stereocenters. The number of aromatic hydroxyl groups is 1. The number of phenols is 1. The maximum absolute atomic E-state index is 14.0. The number of nitrogens with zero attached hydrogens (tertiary/aromatic N) is 2. The van der Waals surface area contributed by atoms with Crippen LogP contribution < -0.4 is 9.47 Å². The first kappa shape index (κ1) is 15.7. The van der Waals surface area contributed by atoms with Crippen LogP contribution in [0.2, 0.25) is 0 Å². The summed E-state index contributed by atoms with van der Waals surface area (Å²) < 4.78 is 37.7. The minimum absolute atomic E-state index is 0.0164. The number of methoxy groups -OCH3 is 1. The molecule has 3 rings (SSSR count). The third kappa shape index (κ3) is 3.10. The molecule has 7 heteroatoms. The predicted octanol–water partition coefficient (Wildman–Crippen LogP) is 3.93. The number of hydrogen-bond acceptors (Lipinski definition) is 5. The smallest absolute Gasteiger partial charge is 0.322 e. The molecule has 0 saturated heterocycles. The molecule has 0 aliphatic heterocycles. The van der Waals surface area contributed by atoms with Crippen LogP contribution in [0.5, 0.6) is 23.3 Å². The van der Waals surface area contributed by atoms with Gasteiger partial charge in [-0.15, -0.1) is 0 Å². The largest absolute Gasteiger partial charge is 0.505 e. The number of phenolic OH excluding ortho intramolecular Hbond substituents is 1. The summed E-state index contributed by atoms with van der Waals surface area (Å²) >= 11 is 0. The molecule has 0 spiro atoms. The van der Waals surface area contributed by atoms with Crippen molar-refractivity contribution in [3.8, 4) is 34.5 Å². The van der Waals surface area contributed by atoms with Crippen LogP contribution in [0, 0.1) is 11.6 Å². The standard InChI is InChI=1S/C17H12F2N2O3/c1-23-15-9-10(5-6-12(15)18)24-17-20-8-7-13(21-17)11-3-2-4-14(22)16(11)19/h2-9,22H,1H3. The van der Waals surface area contributed by atoms with Crippen molar-refractivity contribution in [1.29, 1.82) is 0 Å². The first-order chi connectivity index (χ1) is 11.6. The highest BCUT2D eigenvalue weighted by atomic mass is 19.1. The second kappa shape index (κ2) is 6.49. The van der Waals surface area contributed by atoms with Gasteiger partial charge in [0.05, 0.1) is 12.8 Å². The zero-order valence-corrected chi connectivity index (χ0v) is 12.5. The molecule has 1 N–H and O–H groups in total. The van der Waals surface area contributed by atoms with Gasteiger partial charge in [0.25, 0.3) is 0 Å². The molecule has 122 valence electrons. The first-order valence-corrected chi connectivity index (χ1v) is 6.91. The molecule has 3 aromatic rings. The Kier molecular flexibility index (Phi) is 4.24. The molecule has 0 fully saturated rings. The van der Waals surface area contributed by atoms with Crippen molar-refractivity contribution in [1.82, 2.24) is 9.97 Å². The summed E-state index contributed by atoms with van der Waals surface area (Å²) in [5.41, 5.74) is 0.349. The average molecular weight is 330 g/mol. The van der Waals surface area contributed by atoms with E-state index in [-0.39, 0.29) is 28.8 Å². The predicted molar refractivity (Wildman–Crippen MR) is 82.1 cm³/mol. The normalized spacial score (nSPS) is 10.5. The maximum atomic E-state index is 14.0. The highest BCUT2D eigenvalue weighted by Gasteiger charge is 2.12. The van der Waals surface area contributed by atoms with E-state index in [9.17, 15) is 13.9 Å². The summed E-state index contributed by atoms with van der Waals surface area (Å²) in [7, 11) is 1.34. The molecule has 24 heavy (non-hydrogen) atoms. The minimum Gasteiger partial charge on any atom is -0.505 e. The highest BCUT2D eigenvalue weighted by Crippen LogP contribution is 2.29. The third-order valence-electron chi connectivity index (χ3n) is 3.22. The van der Waals surface area contributed by atoms with Crippen LogP contribution in [0.3, 0.4) is 0 Å². The summed E-state index contributed by atoms with van der Waals surface area (Å²) in [5, 5.41) is 9.45. The lowest BCUT2D eigenvalue weighted by Gasteiger charge is -2.08. The molecule has 0 aliphatic rings. The van der Waals surface area contributed by atoms with Gasteiger partial charge in [0.1, 0.15) is 5.75 Å². The van der Waals surface area contributed by atoms with Crippen molar-refractivity contribution >= 4 is 0 Å². The van der Waals surface area contributed by atoms with Crippen molar-refractivity contribution < 1.29 is 23.4 Å². The lowest BCUT2D eigenvalue weighted by molar-refractivity contribution is 0.379. The van der Waals surface area contributed by atoms with Crippen LogP contribution in [0.1, 0.15) is 0 Å². The highest BCUT2D eigenvalue weighted by molar-refractivity contribution is 5.62. The second-order valence-corrected chi connectivity index (χ2v) is 4.76. The van der Waals surface area contributed by atoms with E-state index in [4.69, 9.17) is 9.47 Å². The zero-order valence-electron chi connectivity index (χ0n) is 12.5. The summed E-state index contributed by atoms with van der Waals surface area (Å²) in [6.45, 7) is 0. The summed E-state index contributed by atoms with van der Waals surface area (Å²) in [5.74, 6) is -1.51. The molecule has 0 bridgehead atoms. The fraction of sp³-hybridized carbons (Fsp3) is 0.0588. The van der Waals surface area contributed by atoms with E-state index in [0.29, 0.717) is 0 Å². The summed E-state index contributed by atoms with van der Waals surface area (Å²) in [4.78, 5) is 8.04. The number of ether oxygens (including phenoxy) is 2. The molecular formula is C17H12F2N2O3. The fourth-order valence-electron chi connectivity index (χ4n) is 2.07. The van der Waals surface area contributed by atoms with E-state index in [1.807, 2.05) is 0 Å². The van der Waals surface area contributed by atoms with Crippen LogP contribution in [0.15, 0.2) is 48.7 Å². The Labute approximate surface area is 136 Å². The van der Waals surface area contributed by atoms with Crippen molar-refractivity contribution in [2.24, 2.45) is 0 Å². The molecule has 0 unspecified atom stereocenters. The Balaban J connectivity index is 1.92. The lowest BCUT2D eigenvalue weighted by Crippen LogP contribution is -1.96. The van der Waals surface area contributed by atoms with E-state index in [1.165, 1.54) is 55.8 Å². The van der Waals surface area contributed by atoms with Crippen LogP contribution in [0.4, 0.5) is 8.78 Å². The van der Waals surface area contributed by atoms with Gasteiger partial charge < -0.3 is 14.6 Å². The molecule has 1 heterocycles. The molecule has 0 saturated carbocycles.